The van der Waals surface area contributed by atoms with Crippen molar-refractivity contribution in [2.24, 2.45) is 0 Å². The van der Waals surface area contributed by atoms with Crippen LogP contribution in [0.1, 0.15) is 10.4 Å². The molecule has 29 heavy (non-hydrogen) atoms. The maximum atomic E-state index is 13.2. The second kappa shape index (κ2) is 8.22. The molecule has 3 aromatic rings. The molecule has 0 bridgehead atoms. The first-order chi connectivity index (χ1) is 14.1. The molecule has 0 unspecified atom stereocenters. The molecule has 1 saturated heterocycles. The van der Waals surface area contributed by atoms with Crippen LogP contribution in [0.15, 0.2) is 60.9 Å². The van der Waals surface area contributed by atoms with Gasteiger partial charge >= 0.3 is 0 Å². The highest BCUT2D eigenvalue weighted by atomic mass is 19.1. The Balaban J connectivity index is 1.35. The molecule has 2 heterocycles. The lowest BCUT2D eigenvalue weighted by Gasteiger charge is -2.36. The fourth-order valence-electron chi connectivity index (χ4n) is 3.20. The SMILES string of the molecule is O=C(c1cnc(Nc2cccc(F)c2)nc1)N1CCN(c2ccc(F)cc2)CC1. The number of nitrogens with zero attached hydrogens (tertiary/aromatic N) is 4. The lowest BCUT2D eigenvalue weighted by molar-refractivity contribution is 0.0746. The zero-order valence-corrected chi connectivity index (χ0v) is 15.6. The number of benzene rings is 2. The number of hydrogen-bond acceptors (Lipinski definition) is 5. The van der Waals surface area contributed by atoms with Gasteiger partial charge in [-0.2, -0.15) is 0 Å². The molecule has 148 valence electrons. The quantitative estimate of drug-likeness (QED) is 0.733. The maximum absolute atomic E-state index is 13.2. The van der Waals surface area contributed by atoms with Crippen LogP contribution in [0.5, 0.6) is 0 Å². The van der Waals surface area contributed by atoms with Crippen molar-refractivity contribution in [2.45, 2.75) is 0 Å². The second-order valence-electron chi connectivity index (χ2n) is 6.69. The van der Waals surface area contributed by atoms with Gasteiger partial charge in [-0.1, -0.05) is 6.07 Å². The smallest absolute Gasteiger partial charge is 0.257 e. The number of anilines is 3. The highest BCUT2D eigenvalue weighted by molar-refractivity contribution is 5.93. The van der Waals surface area contributed by atoms with E-state index in [4.69, 9.17) is 0 Å². The molecule has 1 fully saturated rings. The molecular weight excluding hydrogens is 376 g/mol. The van der Waals surface area contributed by atoms with Gasteiger partial charge in [0.2, 0.25) is 5.95 Å². The van der Waals surface area contributed by atoms with Gasteiger partial charge in [-0.15, -0.1) is 0 Å². The van der Waals surface area contributed by atoms with Crippen LogP contribution in [-0.4, -0.2) is 47.0 Å². The maximum Gasteiger partial charge on any atom is 0.257 e. The third-order valence-electron chi connectivity index (χ3n) is 4.74. The number of aromatic nitrogens is 2. The molecule has 0 spiro atoms. The van der Waals surface area contributed by atoms with E-state index in [0.29, 0.717) is 37.4 Å². The van der Waals surface area contributed by atoms with Crippen molar-refractivity contribution in [1.29, 1.82) is 0 Å². The number of rotatable bonds is 4. The molecule has 0 saturated carbocycles. The molecular formula is C21H19F2N5O. The summed E-state index contributed by atoms with van der Waals surface area (Å²) in [5, 5.41) is 2.90. The van der Waals surface area contributed by atoms with E-state index in [0.717, 1.165) is 5.69 Å². The summed E-state index contributed by atoms with van der Waals surface area (Å²) in [7, 11) is 0. The summed E-state index contributed by atoms with van der Waals surface area (Å²) in [5.74, 6) is -0.478. The van der Waals surface area contributed by atoms with Crippen molar-refractivity contribution in [3.05, 3.63) is 78.1 Å². The summed E-state index contributed by atoms with van der Waals surface area (Å²) in [4.78, 5) is 24.9. The lowest BCUT2D eigenvalue weighted by Crippen LogP contribution is -2.48. The average Bonchev–Trinajstić information content (AvgIpc) is 2.75. The molecule has 0 aliphatic carbocycles. The Morgan fingerprint density at radius 1 is 0.897 bits per heavy atom. The minimum atomic E-state index is -0.360. The molecule has 6 nitrogen and oxygen atoms in total. The molecule has 1 amide bonds. The Labute approximate surface area is 166 Å². The number of hydrogen-bond donors (Lipinski definition) is 1. The molecule has 2 aromatic carbocycles. The highest BCUT2D eigenvalue weighted by Crippen LogP contribution is 2.18. The normalized spacial score (nSPS) is 14.0. The number of piperazine rings is 1. The van der Waals surface area contributed by atoms with Crippen molar-refractivity contribution < 1.29 is 13.6 Å². The number of halogens is 2. The van der Waals surface area contributed by atoms with Gasteiger partial charge in [-0.3, -0.25) is 4.79 Å². The van der Waals surface area contributed by atoms with Crippen LogP contribution in [0.2, 0.25) is 0 Å². The summed E-state index contributed by atoms with van der Waals surface area (Å²) in [6.45, 7) is 2.44. The van der Waals surface area contributed by atoms with E-state index in [1.54, 1.807) is 29.2 Å². The molecule has 0 radical (unpaired) electrons. The van der Waals surface area contributed by atoms with Gasteiger partial charge in [0.25, 0.3) is 5.91 Å². The highest BCUT2D eigenvalue weighted by Gasteiger charge is 2.23. The van der Waals surface area contributed by atoms with Gasteiger partial charge in [0, 0.05) is 49.9 Å². The fourth-order valence-corrected chi connectivity index (χ4v) is 3.20. The van der Waals surface area contributed by atoms with Crippen molar-refractivity contribution in [2.75, 3.05) is 36.4 Å². The average molecular weight is 395 g/mol. The van der Waals surface area contributed by atoms with E-state index in [1.807, 2.05) is 0 Å². The van der Waals surface area contributed by atoms with Gasteiger partial charge in [-0.25, -0.2) is 18.7 Å². The third kappa shape index (κ3) is 4.48. The predicted octanol–water partition coefficient (Wildman–Crippen LogP) is 3.46. The van der Waals surface area contributed by atoms with E-state index < -0.39 is 0 Å². The van der Waals surface area contributed by atoms with Gasteiger partial charge in [0.05, 0.1) is 5.56 Å². The van der Waals surface area contributed by atoms with Crippen molar-refractivity contribution in [3.63, 3.8) is 0 Å². The standard InChI is InChI=1S/C21H19F2N5O/c22-16-4-6-19(7-5-16)27-8-10-28(11-9-27)20(29)15-13-24-21(25-14-15)26-18-3-1-2-17(23)12-18/h1-7,12-14H,8-11H2,(H,24,25,26). The zero-order valence-electron chi connectivity index (χ0n) is 15.6. The van der Waals surface area contributed by atoms with Gasteiger partial charge in [0.1, 0.15) is 11.6 Å². The van der Waals surface area contributed by atoms with E-state index in [2.05, 4.69) is 20.2 Å². The predicted molar refractivity (Wildman–Crippen MR) is 106 cm³/mol. The molecule has 1 aliphatic heterocycles. The van der Waals surface area contributed by atoms with E-state index >= 15 is 0 Å². The molecule has 1 aliphatic rings. The van der Waals surface area contributed by atoms with Crippen LogP contribution in [-0.2, 0) is 0 Å². The number of amides is 1. The summed E-state index contributed by atoms with van der Waals surface area (Å²) < 4.78 is 26.3. The van der Waals surface area contributed by atoms with E-state index in [-0.39, 0.29) is 23.5 Å². The first kappa shape index (κ1) is 18.8. The Hall–Kier alpha value is -3.55. The Kier molecular flexibility index (Phi) is 5.33. The second-order valence-corrected chi connectivity index (χ2v) is 6.69. The minimum Gasteiger partial charge on any atom is -0.368 e. The first-order valence-electron chi connectivity index (χ1n) is 9.23. The van der Waals surface area contributed by atoms with Crippen molar-refractivity contribution in [1.82, 2.24) is 14.9 Å². The summed E-state index contributed by atoms with van der Waals surface area (Å²) in [5.41, 5.74) is 1.86. The number of nitrogens with one attached hydrogen (secondary N) is 1. The number of carbonyl (C=O) groups is 1. The van der Waals surface area contributed by atoms with Crippen molar-refractivity contribution in [3.8, 4) is 0 Å². The Morgan fingerprint density at radius 3 is 2.24 bits per heavy atom. The van der Waals surface area contributed by atoms with Crippen LogP contribution in [0.3, 0.4) is 0 Å². The summed E-state index contributed by atoms with van der Waals surface area (Å²) >= 11 is 0. The molecule has 1 N–H and O–H groups in total. The van der Waals surface area contributed by atoms with Crippen LogP contribution < -0.4 is 10.2 Å². The minimum absolute atomic E-state index is 0.138. The van der Waals surface area contributed by atoms with Crippen LogP contribution in [0.25, 0.3) is 0 Å². The Morgan fingerprint density at radius 2 is 1.59 bits per heavy atom. The molecule has 8 heteroatoms. The van der Waals surface area contributed by atoms with Gasteiger partial charge in [-0.05, 0) is 42.5 Å². The van der Waals surface area contributed by atoms with E-state index in [9.17, 15) is 13.6 Å². The van der Waals surface area contributed by atoms with Crippen LogP contribution in [0, 0.1) is 11.6 Å². The van der Waals surface area contributed by atoms with Crippen molar-refractivity contribution >= 4 is 23.2 Å². The fraction of sp³-hybridized carbons (Fsp3) is 0.190. The topological polar surface area (TPSA) is 61.4 Å². The zero-order chi connectivity index (χ0) is 20.2. The molecule has 4 rings (SSSR count). The Bertz CT molecular complexity index is 987. The van der Waals surface area contributed by atoms with Crippen LogP contribution in [0.4, 0.5) is 26.1 Å². The third-order valence-corrected chi connectivity index (χ3v) is 4.74. The van der Waals surface area contributed by atoms with Crippen LogP contribution >= 0.6 is 0 Å². The lowest BCUT2D eigenvalue weighted by atomic mass is 10.2. The first-order valence-corrected chi connectivity index (χ1v) is 9.23. The van der Waals surface area contributed by atoms with Gasteiger partial charge < -0.3 is 15.1 Å². The molecule has 1 aromatic heterocycles. The largest absolute Gasteiger partial charge is 0.368 e. The number of carbonyl (C=O) groups excluding carboxylic acids is 1. The monoisotopic (exact) mass is 395 g/mol. The molecule has 0 atom stereocenters. The summed E-state index contributed by atoms with van der Waals surface area (Å²) in [6.07, 6.45) is 2.92. The van der Waals surface area contributed by atoms with Gasteiger partial charge in [0.15, 0.2) is 0 Å². The van der Waals surface area contributed by atoms with E-state index in [1.165, 1.54) is 36.7 Å². The summed E-state index contributed by atoms with van der Waals surface area (Å²) in [6, 6.07) is 12.3.